The number of carbonyl (C=O) groups excluding carboxylic acids is 2. The third kappa shape index (κ3) is 6.04. The number of imide groups is 1. The topological polar surface area (TPSA) is 164 Å². The highest BCUT2D eigenvalue weighted by Gasteiger charge is 2.53. The molecule has 0 bridgehead atoms. The molecular weight excluding hydrogens is 532 g/mol. The summed E-state index contributed by atoms with van der Waals surface area (Å²) in [5.74, 6) is -1.47. The molecule has 1 saturated heterocycles. The Labute approximate surface area is 236 Å². The number of hydrogen-bond donors (Lipinski definition) is 3. The molecule has 0 aromatic carbocycles. The number of nitrogens with one attached hydrogen (secondary N) is 1. The summed E-state index contributed by atoms with van der Waals surface area (Å²) in [7, 11) is -1.30. The maximum absolute atomic E-state index is 13.4. The van der Waals surface area contributed by atoms with Gasteiger partial charge in [0.1, 0.15) is 23.7 Å². The molecule has 1 aliphatic heterocycles. The van der Waals surface area contributed by atoms with E-state index < -0.39 is 48.7 Å². The highest BCUT2D eigenvalue weighted by atomic mass is 28.3. The van der Waals surface area contributed by atoms with Gasteiger partial charge in [0, 0.05) is 33.3 Å². The number of ether oxygens (including phenoxy) is 1. The molecule has 2 aliphatic rings. The Balaban J connectivity index is 1.78. The number of nitrogens with two attached hydrogens (primary N) is 1. The van der Waals surface area contributed by atoms with Crippen LogP contribution in [0.4, 0.5) is 4.79 Å². The van der Waals surface area contributed by atoms with Crippen LogP contribution >= 0.6 is 0 Å². The number of nitrogens with zero attached hydrogens (tertiary/aromatic N) is 4. The number of urea groups is 1. The number of carbonyl (C=O) groups is 2. The van der Waals surface area contributed by atoms with E-state index >= 15 is 0 Å². The highest BCUT2D eigenvalue weighted by Crippen LogP contribution is 2.44. The second-order valence-corrected chi connectivity index (χ2v) is 19.2. The lowest BCUT2D eigenvalue weighted by molar-refractivity contribution is -0.135. The zero-order valence-electron chi connectivity index (χ0n) is 25.2. The molecule has 13 heteroatoms. The number of rotatable bonds is 10. The van der Waals surface area contributed by atoms with Crippen molar-refractivity contribution in [2.45, 2.75) is 104 Å². The molecule has 0 spiro atoms. The molecule has 1 saturated carbocycles. The molecule has 3 amide bonds. The maximum atomic E-state index is 13.4. The van der Waals surface area contributed by atoms with Crippen LogP contribution in [0.15, 0.2) is 9.59 Å². The molecular formula is C27H46N6O6Si. The molecule has 0 atom stereocenters. The van der Waals surface area contributed by atoms with Crippen molar-refractivity contribution in [3.8, 4) is 5.88 Å². The fraction of sp³-hybridized carbons (Fsp3) is 0.741. The molecule has 12 nitrogen and oxygen atoms in total. The van der Waals surface area contributed by atoms with Crippen molar-refractivity contribution >= 4 is 25.8 Å². The van der Waals surface area contributed by atoms with Crippen molar-refractivity contribution in [3.05, 3.63) is 26.4 Å². The van der Waals surface area contributed by atoms with Gasteiger partial charge < -0.3 is 20.5 Å². The molecule has 1 aliphatic carbocycles. The Morgan fingerprint density at radius 3 is 2.20 bits per heavy atom. The van der Waals surface area contributed by atoms with Crippen molar-refractivity contribution in [2.24, 2.45) is 11.1 Å². The Morgan fingerprint density at radius 1 is 1.12 bits per heavy atom. The Hall–Kier alpha value is -2.93. The summed E-state index contributed by atoms with van der Waals surface area (Å²) in [6.07, 6.45) is 2.22. The summed E-state index contributed by atoms with van der Waals surface area (Å²) < 4.78 is 7.93. The molecule has 1 aromatic heterocycles. The van der Waals surface area contributed by atoms with Gasteiger partial charge in [-0.25, -0.2) is 14.5 Å². The van der Waals surface area contributed by atoms with Gasteiger partial charge in [0.05, 0.1) is 0 Å². The largest absolute Gasteiger partial charge is 0.494 e. The Morgan fingerprint density at radius 2 is 1.70 bits per heavy atom. The summed E-state index contributed by atoms with van der Waals surface area (Å²) in [6.45, 7) is 16.4. The minimum atomic E-state index is -1.30. The SMILES string of the molecule is CC(C)n1c(=O)c(C(=N)N)c(O)n(C2CCC(C)(CN3C(=O)N(COCC[Si](C)(C)C)C(=O)C3(C)C)CC2)c1=O. The van der Waals surface area contributed by atoms with E-state index in [0.717, 1.165) is 10.6 Å². The summed E-state index contributed by atoms with van der Waals surface area (Å²) in [4.78, 5) is 55.4. The van der Waals surface area contributed by atoms with E-state index in [0.29, 0.717) is 38.8 Å². The van der Waals surface area contributed by atoms with Crippen molar-refractivity contribution in [1.29, 1.82) is 5.41 Å². The first-order valence-corrected chi connectivity index (χ1v) is 17.7. The number of aromatic hydroxyl groups is 1. The number of amidine groups is 1. The first-order chi connectivity index (χ1) is 18.3. The van der Waals surface area contributed by atoms with Gasteiger partial charge in [-0.1, -0.05) is 26.6 Å². The first-order valence-electron chi connectivity index (χ1n) is 14.0. The quantitative estimate of drug-likeness (QED) is 0.126. The number of nitrogen functional groups attached to an aromatic ring is 1. The van der Waals surface area contributed by atoms with Gasteiger partial charge in [0.15, 0.2) is 0 Å². The Kier molecular flexibility index (Phi) is 8.81. The minimum absolute atomic E-state index is 0.0624. The van der Waals surface area contributed by atoms with E-state index in [1.54, 1.807) is 32.6 Å². The summed E-state index contributed by atoms with van der Waals surface area (Å²) in [6, 6.07) is -0.321. The van der Waals surface area contributed by atoms with Gasteiger partial charge >= 0.3 is 11.7 Å². The second kappa shape index (κ2) is 11.2. The van der Waals surface area contributed by atoms with Gasteiger partial charge in [-0.3, -0.25) is 24.1 Å². The molecule has 1 aromatic rings. The van der Waals surface area contributed by atoms with Crippen LogP contribution in [-0.2, 0) is 9.53 Å². The van der Waals surface area contributed by atoms with E-state index in [9.17, 15) is 24.3 Å². The first kappa shape index (κ1) is 31.6. The Bertz CT molecular complexity index is 1290. The zero-order valence-corrected chi connectivity index (χ0v) is 26.2. The van der Waals surface area contributed by atoms with Gasteiger partial charge in [-0.15, -0.1) is 0 Å². The standard InChI is InChI=1S/C27H46N6O6Si/c1-17(2)32-21(34)19(20(28)29)22(35)33(25(32)38)18-9-11-27(5,12-10-18)15-31-24(37)30(23(36)26(31,3)4)16-39-13-14-40(6,7)8/h17-18,35H,9-16H2,1-8H3,(H3,28,29). The van der Waals surface area contributed by atoms with Crippen LogP contribution in [0.1, 0.15) is 77.9 Å². The molecule has 40 heavy (non-hydrogen) atoms. The average molecular weight is 579 g/mol. The fourth-order valence-electron chi connectivity index (χ4n) is 5.58. The lowest BCUT2D eigenvalue weighted by atomic mass is 9.73. The number of aromatic nitrogens is 2. The van der Waals surface area contributed by atoms with Crippen LogP contribution < -0.4 is 17.0 Å². The third-order valence-corrected chi connectivity index (χ3v) is 9.98. The third-order valence-electron chi connectivity index (χ3n) is 8.27. The number of hydrogen-bond acceptors (Lipinski definition) is 7. The minimum Gasteiger partial charge on any atom is -0.494 e. The van der Waals surface area contributed by atoms with Gasteiger partial charge in [-0.05, 0) is 64.8 Å². The van der Waals surface area contributed by atoms with Crippen LogP contribution in [0.2, 0.25) is 25.7 Å². The average Bonchev–Trinajstić information content (AvgIpc) is 2.96. The van der Waals surface area contributed by atoms with Crippen molar-refractivity contribution in [2.75, 3.05) is 19.9 Å². The maximum Gasteiger partial charge on any atom is 0.334 e. The predicted molar refractivity (Wildman–Crippen MR) is 156 cm³/mol. The lowest BCUT2D eigenvalue weighted by Crippen LogP contribution is -2.50. The molecule has 4 N–H and O–H groups in total. The van der Waals surface area contributed by atoms with E-state index in [1.165, 1.54) is 9.47 Å². The van der Waals surface area contributed by atoms with Crippen molar-refractivity contribution in [3.63, 3.8) is 0 Å². The fourth-order valence-corrected chi connectivity index (χ4v) is 6.34. The molecule has 2 fully saturated rings. The van der Waals surface area contributed by atoms with Gasteiger partial charge in [0.25, 0.3) is 11.5 Å². The van der Waals surface area contributed by atoms with Gasteiger partial charge in [-0.2, -0.15) is 0 Å². The smallest absolute Gasteiger partial charge is 0.334 e. The second-order valence-electron chi connectivity index (χ2n) is 13.6. The van der Waals surface area contributed by atoms with E-state index in [1.807, 2.05) is 0 Å². The van der Waals surface area contributed by atoms with Crippen LogP contribution in [0, 0.1) is 10.8 Å². The van der Waals surface area contributed by atoms with Crippen LogP contribution in [0.25, 0.3) is 0 Å². The summed E-state index contributed by atoms with van der Waals surface area (Å²) in [5, 5.41) is 18.7. The van der Waals surface area contributed by atoms with E-state index in [2.05, 4.69) is 26.6 Å². The van der Waals surface area contributed by atoms with E-state index in [-0.39, 0.29) is 29.6 Å². The van der Waals surface area contributed by atoms with Crippen molar-refractivity contribution in [1.82, 2.24) is 18.9 Å². The zero-order chi connectivity index (χ0) is 30.4. The lowest BCUT2D eigenvalue weighted by Gasteiger charge is -2.42. The summed E-state index contributed by atoms with van der Waals surface area (Å²) in [5.41, 5.74) is 2.45. The molecule has 224 valence electrons. The van der Waals surface area contributed by atoms with Crippen LogP contribution in [-0.4, -0.2) is 75.3 Å². The normalized spacial score (nSPS) is 23.4. The van der Waals surface area contributed by atoms with Crippen molar-refractivity contribution < 1.29 is 19.4 Å². The van der Waals surface area contributed by atoms with Crippen LogP contribution in [0.5, 0.6) is 5.88 Å². The van der Waals surface area contributed by atoms with E-state index in [4.69, 9.17) is 15.9 Å². The molecule has 3 rings (SSSR count). The molecule has 0 unspecified atom stereocenters. The van der Waals surface area contributed by atoms with Crippen LogP contribution in [0.3, 0.4) is 0 Å². The number of amides is 3. The molecule has 0 radical (unpaired) electrons. The molecule has 2 heterocycles. The highest BCUT2D eigenvalue weighted by molar-refractivity contribution is 6.76. The monoisotopic (exact) mass is 578 g/mol. The summed E-state index contributed by atoms with van der Waals surface area (Å²) >= 11 is 0. The predicted octanol–water partition coefficient (Wildman–Crippen LogP) is 3.06. The van der Waals surface area contributed by atoms with Gasteiger partial charge in [0.2, 0.25) is 5.88 Å².